The van der Waals surface area contributed by atoms with Gasteiger partial charge in [0.15, 0.2) is 12.2 Å². The SMILES string of the molecule is CC(=O)N[C@H]1[C@@H](OC2=C[C@H]3OC(=O)C=C(C)[C@@H]3C=C2)O[C@@H](COC(C)=O)[C@@H](OC(C)=O)[C@H]1OC(C)=O. The Labute approximate surface area is 207 Å². The summed E-state index contributed by atoms with van der Waals surface area (Å²) in [7, 11) is 0. The molecule has 0 bridgehead atoms. The molecule has 0 saturated carbocycles. The molecule has 0 aromatic heterocycles. The third-order valence-corrected chi connectivity index (χ3v) is 5.60. The fourth-order valence-corrected chi connectivity index (χ4v) is 4.20. The Morgan fingerprint density at radius 3 is 2.28 bits per heavy atom. The highest BCUT2D eigenvalue weighted by atomic mass is 16.7. The van der Waals surface area contributed by atoms with Gasteiger partial charge in [-0.05, 0) is 19.1 Å². The Morgan fingerprint density at radius 1 is 1.00 bits per heavy atom. The van der Waals surface area contributed by atoms with Gasteiger partial charge in [-0.3, -0.25) is 19.2 Å². The topological polar surface area (TPSA) is 153 Å². The van der Waals surface area contributed by atoms with Crippen molar-refractivity contribution >= 4 is 29.8 Å². The van der Waals surface area contributed by atoms with Gasteiger partial charge in [-0.2, -0.15) is 0 Å². The van der Waals surface area contributed by atoms with E-state index in [1.807, 2.05) is 6.92 Å². The number of nitrogens with one attached hydrogen (secondary N) is 1. The standard InChI is InChI=1S/C24H29NO11/c1-11-8-20(30)35-18-9-16(6-7-17(11)18)34-24-21(25-12(2)26)23(33-15(5)29)22(32-14(4)28)19(36-24)10-31-13(3)27/h6-9,17-19,21-24H,10H2,1-5H3,(H,25,26)/t17-,18+,19-,21+,22+,23-,24-/m0/s1. The molecule has 1 N–H and O–H groups in total. The van der Waals surface area contributed by atoms with Gasteiger partial charge in [0.1, 0.15) is 30.6 Å². The first-order valence-corrected chi connectivity index (χ1v) is 11.3. The van der Waals surface area contributed by atoms with Gasteiger partial charge < -0.3 is 33.7 Å². The Kier molecular flexibility index (Phi) is 8.51. The maximum Gasteiger partial charge on any atom is 0.331 e. The summed E-state index contributed by atoms with van der Waals surface area (Å²) in [4.78, 5) is 59.1. The van der Waals surface area contributed by atoms with Crippen LogP contribution >= 0.6 is 0 Å². The van der Waals surface area contributed by atoms with Crippen molar-refractivity contribution in [2.45, 2.75) is 71.4 Å². The minimum absolute atomic E-state index is 0.160. The van der Waals surface area contributed by atoms with E-state index in [1.165, 1.54) is 19.9 Å². The van der Waals surface area contributed by atoms with Crippen LogP contribution in [-0.2, 0) is 52.4 Å². The highest BCUT2D eigenvalue weighted by Gasteiger charge is 2.52. The smallest absolute Gasteiger partial charge is 0.331 e. The number of ether oxygens (including phenoxy) is 6. The van der Waals surface area contributed by atoms with Gasteiger partial charge in [-0.25, -0.2) is 4.79 Å². The second kappa shape index (κ2) is 11.4. The van der Waals surface area contributed by atoms with Crippen LogP contribution in [0.25, 0.3) is 0 Å². The van der Waals surface area contributed by atoms with E-state index < -0.39 is 66.5 Å². The van der Waals surface area contributed by atoms with Crippen LogP contribution in [0.4, 0.5) is 0 Å². The van der Waals surface area contributed by atoms with Crippen molar-refractivity contribution in [1.29, 1.82) is 0 Å². The Balaban J connectivity index is 1.93. The van der Waals surface area contributed by atoms with Gasteiger partial charge >= 0.3 is 23.9 Å². The van der Waals surface area contributed by atoms with Crippen LogP contribution in [-0.4, -0.2) is 73.1 Å². The minimum atomic E-state index is -1.27. The van der Waals surface area contributed by atoms with Crippen LogP contribution in [0.1, 0.15) is 34.6 Å². The molecule has 0 unspecified atom stereocenters. The molecule has 1 fully saturated rings. The molecular weight excluding hydrogens is 478 g/mol. The highest BCUT2D eigenvalue weighted by Crippen LogP contribution is 2.33. The molecule has 12 heteroatoms. The second-order valence-electron chi connectivity index (χ2n) is 8.58. The number of allylic oxidation sites excluding steroid dienone is 1. The zero-order valence-corrected chi connectivity index (χ0v) is 20.5. The number of esters is 4. The molecular formula is C24H29NO11. The lowest BCUT2D eigenvalue weighted by molar-refractivity contribution is -0.268. The third-order valence-electron chi connectivity index (χ3n) is 5.60. The molecule has 0 aromatic rings. The Morgan fingerprint density at radius 2 is 1.67 bits per heavy atom. The van der Waals surface area contributed by atoms with Gasteiger partial charge in [0.25, 0.3) is 0 Å². The Hall–Kier alpha value is -3.67. The lowest BCUT2D eigenvalue weighted by Crippen LogP contribution is -2.66. The largest absolute Gasteiger partial charge is 0.463 e. The first-order chi connectivity index (χ1) is 16.9. The summed E-state index contributed by atoms with van der Waals surface area (Å²) in [6, 6.07) is -1.12. The molecule has 1 saturated heterocycles. The van der Waals surface area contributed by atoms with E-state index in [0.29, 0.717) is 0 Å². The number of amides is 1. The zero-order valence-electron chi connectivity index (χ0n) is 20.5. The second-order valence-corrected chi connectivity index (χ2v) is 8.58. The fourth-order valence-electron chi connectivity index (χ4n) is 4.20. The van der Waals surface area contributed by atoms with E-state index in [2.05, 4.69) is 5.32 Å². The molecule has 3 aliphatic rings. The van der Waals surface area contributed by atoms with Gasteiger partial charge in [0.2, 0.25) is 12.2 Å². The first kappa shape index (κ1) is 26.9. The average molecular weight is 507 g/mol. The van der Waals surface area contributed by atoms with Gasteiger partial charge in [0.05, 0.1) is 0 Å². The number of fused-ring (bicyclic) bond motifs is 1. The highest BCUT2D eigenvalue weighted by molar-refractivity contribution is 5.84. The molecule has 12 nitrogen and oxygen atoms in total. The zero-order chi connectivity index (χ0) is 26.6. The summed E-state index contributed by atoms with van der Waals surface area (Å²) in [6.45, 7) is 6.21. The van der Waals surface area contributed by atoms with Crippen LogP contribution in [0.15, 0.2) is 35.6 Å². The molecule has 1 amide bonds. The van der Waals surface area contributed by atoms with E-state index in [9.17, 15) is 24.0 Å². The minimum Gasteiger partial charge on any atom is -0.463 e. The number of hydrogen-bond acceptors (Lipinski definition) is 11. The molecule has 36 heavy (non-hydrogen) atoms. The number of hydrogen-bond donors (Lipinski definition) is 1. The number of carbonyl (C=O) groups excluding carboxylic acids is 5. The van der Waals surface area contributed by atoms with Crippen LogP contribution < -0.4 is 5.32 Å². The molecule has 196 valence electrons. The van der Waals surface area contributed by atoms with Gasteiger partial charge in [-0.15, -0.1) is 0 Å². The van der Waals surface area contributed by atoms with Gasteiger partial charge in [-0.1, -0.05) is 11.6 Å². The summed E-state index contributed by atoms with van der Waals surface area (Å²) in [5, 5.41) is 2.62. The lowest BCUT2D eigenvalue weighted by atomic mass is 9.88. The monoisotopic (exact) mass is 507 g/mol. The molecule has 0 radical (unpaired) electrons. The fraction of sp³-hybridized carbons (Fsp3) is 0.542. The van der Waals surface area contributed by atoms with Crippen molar-refractivity contribution < 1.29 is 52.4 Å². The average Bonchev–Trinajstić information content (AvgIpc) is 2.75. The first-order valence-electron chi connectivity index (χ1n) is 11.3. The quantitative estimate of drug-likeness (QED) is 0.381. The van der Waals surface area contributed by atoms with E-state index in [0.717, 1.165) is 19.4 Å². The molecule has 2 heterocycles. The molecule has 0 aromatic carbocycles. The summed E-state index contributed by atoms with van der Waals surface area (Å²) < 4.78 is 33.2. The van der Waals surface area contributed by atoms with Crippen molar-refractivity contribution in [3.63, 3.8) is 0 Å². The van der Waals surface area contributed by atoms with E-state index in [-0.39, 0.29) is 18.3 Å². The van der Waals surface area contributed by atoms with Crippen molar-refractivity contribution in [3.8, 4) is 0 Å². The van der Waals surface area contributed by atoms with Crippen molar-refractivity contribution in [2.75, 3.05) is 6.61 Å². The summed E-state index contributed by atoms with van der Waals surface area (Å²) in [5.41, 5.74) is 0.827. The van der Waals surface area contributed by atoms with Crippen molar-refractivity contribution in [1.82, 2.24) is 5.32 Å². The number of rotatable bonds is 7. The van der Waals surface area contributed by atoms with Crippen molar-refractivity contribution in [3.05, 3.63) is 35.6 Å². The van der Waals surface area contributed by atoms with Crippen LogP contribution in [0, 0.1) is 5.92 Å². The van der Waals surface area contributed by atoms with Gasteiger partial charge in [0, 0.05) is 39.7 Å². The maximum absolute atomic E-state index is 12.0. The van der Waals surface area contributed by atoms with Crippen LogP contribution in [0.3, 0.4) is 0 Å². The predicted molar refractivity (Wildman–Crippen MR) is 119 cm³/mol. The normalized spacial score (nSPS) is 31.0. The maximum atomic E-state index is 12.0. The molecule has 1 aliphatic carbocycles. The Bertz CT molecular complexity index is 1010. The van der Waals surface area contributed by atoms with E-state index in [4.69, 9.17) is 28.4 Å². The van der Waals surface area contributed by atoms with Crippen molar-refractivity contribution in [2.24, 2.45) is 5.92 Å². The summed E-state index contributed by atoms with van der Waals surface area (Å²) >= 11 is 0. The van der Waals surface area contributed by atoms with E-state index in [1.54, 1.807) is 18.2 Å². The third kappa shape index (κ3) is 6.72. The van der Waals surface area contributed by atoms with E-state index >= 15 is 0 Å². The molecule has 0 spiro atoms. The van der Waals surface area contributed by atoms with Crippen LogP contribution in [0.2, 0.25) is 0 Å². The summed E-state index contributed by atoms with van der Waals surface area (Å²) in [5.74, 6) is -2.91. The van der Waals surface area contributed by atoms with Crippen LogP contribution in [0.5, 0.6) is 0 Å². The molecule has 3 rings (SSSR count). The lowest BCUT2D eigenvalue weighted by Gasteiger charge is -2.45. The molecule has 7 atom stereocenters. The number of carbonyl (C=O) groups is 5. The summed E-state index contributed by atoms with van der Waals surface area (Å²) in [6.07, 6.45) is 1.02. The predicted octanol–water partition coefficient (Wildman–Crippen LogP) is 0.601. The molecule has 2 aliphatic heterocycles.